The van der Waals surface area contributed by atoms with Gasteiger partial charge in [0.15, 0.2) is 0 Å². The summed E-state index contributed by atoms with van der Waals surface area (Å²) in [6.07, 6.45) is 8.31. The third kappa shape index (κ3) is 1.11. The first-order chi connectivity index (χ1) is 5.27. The molecule has 0 saturated carbocycles. The number of halogens is 1. The maximum atomic E-state index is 4.25. The molecule has 56 valence electrons. The first-order valence-electron chi connectivity index (χ1n) is 3.61. The van der Waals surface area contributed by atoms with Crippen molar-refractivity contribution in [1.29, 1.82) is 0 Å². The van der Waals surface area contributed by atoms with Crippen LogP contribution in [0.5, 0.6) is 0 Å². The zero-order valence-electron chi connectivity index (χ0n) is 6.21. The molecular formula is C9H8BrN. The van der Waals surface area contributed by atoms with Crippen LogP contribution in [0.4, 0.5) is 0 Å². The highest BCUT2D eigenvalue weighted by molar-refractivity contribution is 9.12. The van der Waals surface area contributed by atoms with Crippen molar-refractivity contribution in [2.45, 2.75) is 6.92 Å². The quantitative estimate of drug-likeness (QED) is 0.582. The van der Waals surface area contributed by atoms with Crippen molar-refractivity contribution in [3.8, 4) is 0 Å². The van der Waals surface area contributed by atoms with E-state index in [1.54, 1.807) is 0 Å². The molecule has 0 aromatic heterocycles. The summed E-state index contributed by atoms with van der Waals surface area (Å²) >= 11 is 3.44. The number of allylic oxidation sites excluding steroid dienone is 4. The maximum Gasteiger partial charge on any atom is 0.0680 e. The third-order valence-electron chi connectivity index (χ3n) is 1.84. The van der Waals surface area contributed by atoms with E-state index < -0.39 is 0 Å². The second-order valence-corrected chi connectivity index (χ2v) is 3.64. The van der Waals surface area contributed by atoms with E-state index in [9.17, 15) is 0 Å². The Morgan fingerprint density at radius 1 is 1.55 bits per heavy atom. The van der Waals surface area contributed by atoms with E-state index in [1.807, 2.05) is 6.21 Å². The number of hydrogen-bond acceptors (Lipinski definition) is 1. The van der Waals surface area contributed by atoms with E-state index in [1.165, 1.54) is 5.57 Å². The normalized spacial score (nSPS) is 27.5. The number of fused-ring (bicyclic) bond motifs is 1. The van der Waals surface area contributed by atoms with E-state index in [0.29, 0.717) is 5.92 Å². The van der Waals surface area contributed by atoms with Crippen molar-refractivity contribution in [3.05, 3.63) is 34.0 Å². The van der Waals surface area contributed by atoms with Gasteiger partial charge in [0.2, 0.25) is 0 Å². The van der Waals surface area contributed by atoms with E-state index in [2.05, 4.69) is 46.1 Å². The Labute approximate surface area is 74.3 Å². The average molecular weight is 210 g/mol. The van der Waals surface area contributed by atoms with Crippen molar-refractivity contribution < 1.29 is 0 Å². The van der Waals surface area contributed by atoms with Crippen molar-refractivity contribution in [3.63, 3.8) is 0 Å². The molecule has 0 saturated heterocycles. The fraction of sp³-hybridized carbons (Fsp3) is 0.222. The van der Waals surface area contributed by atoms with Crippen LogP contribution < -0.4 is 0 Å². The van der Waals surface area contributed by atoms with Gasteiger partial charge in [0, 0.05) is 16.3 Å². The molecule has 1 aliphatic carbocycles. The lowest BCUT2D eigenvalue weighted by Crippen LogP contribution is -1.93. The Balaban J connectivity index is 2.47. The summed E-state index contributed by atoms with van der Waals surface area (Å²) in [5.41, 5.74) is 2.31. The largest absolute Gasteiger partial charge is 0.255 e. The smallest absolute Gasteiger partial charge is 0.0680 e. The zero-order valence-corrected chi connectivity index (χ0v) is 7.80. The Kier molecular flexibility index (Phi) is 1.57. The molecule has 1 aliphatic heterocycles. The van der Waals surface area contributed by atoms with E-state index >= 15 is 0 Å². The fourth-order valence-electron chi connectivity index (χ4n) is 1.24. The fourth-order valence-corrected chi connectivity index (χ4v) is 1.68. The lowest BCUT2D eigenvalue weighted by Gasteiger charge is -2.08. The van der Waals surface area contributed by atoms with Crippen molar-refractivity contribution in [1.82, 2.24) is 0 Å². The van der Waals surface area contributed by atoms with Crippen LogP contribution in [0, 0.1) is 5.92 Å². The van der Waals surface area contributed by atoms with Crippen molar-refractivity contribution >= 4 is 22.1 Å². The maximum absolute atomic E-state index is 4.25. The summed E-state index contributed by atoms with van der Waals surface area (Å²) in [7, 11) is 0. The Morgan fingerprint density at radius 2 is 2.36 bits per heavy atom. The van der Waals surface area contributed by atoms with Crippen LogP contribution in [-0.4, -0.2) is 6.21 Å². The number of rotatable bonds is 0. The zero-order chi connectivity index (χ0) is 7.84. The van der Waals surface area contributed by atoms with Crippen molar-refractivity contribution in [2.75, 3.05) is 0 Å². The van der Waals surface area contributed by atoms with Gasteiger partial charge in [0.25, 0.3) is 0 Å². The van der Waals surface area contributed by atoms with Crippen LogP contribution in [-0.2, 0) is 0 Å². The summed E-state index contributed by atoms with van der Waals surface area (Å²) in [6.45, 7) is 2.15. The average Bonchev–Trinajstić information content (AvgIpc) is 2.32. The van der Waals surface area contributed by atoms with Gasteiger partial charge in [-0.05, 0) is 21.8 Å². The van der Waals surface area contributed by atoms with Gasteiger partial charge in [-0.25, -0.2) is 0 Å². The van der Waals surface area contributed by atoms with E-state index in [0.717, 1.165) is 10.2 Å². The monoisotopic (exact) mass is 209 g/mol. The first-order valence-corrected chi connectivity index (χ1v) is 4.41. The van der Waals surface area contributed by atoms with Gasteiger partial charge >= 0.3 is 0 Å². The molecule has 0 aromatic rings. The van der Waals surface area contributed by atoms with Gasteiger partial charge in [-0.1, -0.05) is 25.2 Å². The lowest BCUT2D eigenvalue weighted by atomic mass is 10.0. The highest BCUT2D eigenvalue weighted by Crippen LogP contribution is 2.30. The summed E-state index contributed by atoms with van der Waals surface area (Å²) in [5, 5.41) is 0. The molecule has 0 N–H and O–H groups in total. The second-order valence-electron chi connectivity index (χ2n) is 2.79. The van der Waals surface area contributed by atoms with Gasteiger partial charge in [0.05, 0.1) is 5.70 Å². The minimum atomic E-state index is 0.518. The molecule has 2 heteroatoms. The van der Waals surface area contributed by atoms with Crippen LogP contribution in [0.25, 0.3) is 0 Å². The predicted octanol–water partition coefficient (Wildman–Crippen LogP) is 2.81. The molecule has 2 rings (SSSR count). The third-order valence-corrected chi connectivity index (χ3v) is 2.47. The molecule has 1 heterocycles. The van der Waals surface area contributed by atoms with Crippen LogP contribution in [0.15, 0.2) is 39.0 Å². The summed E-state index contributed by atoms with van der Waals surface area (Å²) in [6, 6.07) is 0. The minimum absolute atomic E-state index is 0.518. The van der Waals surface area contributed by atoms with Crippen LogP contribution in [0.2, 0.25) is 0 Å². The van der Waals surface area contributed by atoms with Gasteiger partial charge in [-0.3, -0.25) is 4.99 Å². The van der Waals surface area contributed by atoms with Crippen molar-refractivity contribution in [2.24, 2.45) is 10.9 Å². The summed E-state index contributed by atoms with van der Waals surface area (Å²) < 4.78 is 1.09. The Hall–Kier alpha value is -0.630. The highest BCUT2D eigenvalue weighted by atomic mass is 79.9. The van der Waals surface area contributed by atoms with Crippen LogP contribution >= 0.6 is 15.9 Å². The molecule has 0 aromatic carbocycles. The molecule has 1 atom stereocenters. The summed E-state index contributed by atoms with van der Waals surface area (Å²) in [4.78, 5) is 4.25. The molecule has 1 unspecified atom stereocenters. The summed E-state index contributed by atoms with van der Waals surface area (Å²) in [5.74, 6) is 0.518. The highest BCUT2D eigenvalue weighted by Gasteiger charge is 2.15. The molecular weight excluding hydrogens is 202 g/mol. The van der Waals surface area contributed by atoms with Gasteiger partial charge in [-0.2, -0.15) is 0 Å². The lowest BCUT2D eigenvalue weighted by molar-refractivity contribution is 0.912. The molecule has 0 spiro atoms. The van der Waals surface area contributed by atoms with Gasteiger partial charge in [-0.15, -0.1) is 0 Å². The Bertz CT molecular complexity index is 308. The molecule has 1 nitrogen and oxygen atoms in total. The van der Waals surface area contributed by atoms with E-state index in [4.69, 9.17) is 0 Å². The van der Waals surface area contributed by atoms with Gasteiger partial charge in [0.1, 0.15) is 0 Å². The number of hydrogen-bond donors (Lipinski definition) is 0. The molecule has 2 aliphatic rings. The SMILES string of the molecule is CC1C=CC2=C(Br)C=NC2=C1. The second kappa shape index (κ2) is 2.45. The first kappa shape index (κ1) is 7.04. The van der Waals surface area contributed by atoms with E-state index in [-0.39, 0.29) is 0 Å². The van der Waals surface area contributed by atoms with Crippen LogP contribution in [0.1, 0.15) is 6.92 Å². The molecule has 0 amide bonds. The molecule has 0 fully saturated rings. The van der Waals surface area contributed by atoms with Crippen LogP contribution in [0.3, 0.4) is 0 Å². The topological polar surface area (TPSA) is 12.4 Å². The molecule has 11 heavy (non-hydrogen) atoms. The van der Waals surface area contributed by atoms with Gasteiger partial charge < -0.3 is 0 Å². The number of nitrogens with zero attached hydrogens (tertiary/aromatic N) is 1. The Morgan fingerprint density at radius 3 is 3.18 bits per heavy atom. The molecule has 0 bridgehead atoms. The predicted molar refractivity (Wildman–Crippen MR) is 50.8 cm³/mol. The minimum Gasteiger partial charge on any atom is -0.255 e. The number of aliphatic imine (C=N–C) groups is 1. The standard InChI is InChI=1S/C9H8BrN/c1-6-2-3-7-8(10)5-11-9(7)4-6/h2-6H,1H3. The molecule has 0 radical (unpaired) electrons.